The number of hydrogen-bond acceptors (Lipinski definition) is 4. The van der Waals surface area contributed by atoms with Crippen molar-refractivity contribution in [2.75, 3.05) is 13.2 Å². The molecule has 0 unspecified atom stereocenters. The average molecular weight is 363 g/mol. The third-order valence-corrected chi connectivity index (χ3v) is 4.11. The largest absolute Gasteiger partial charge is 0.464 e. The molecule has 0 aromatic heterocycles. The lowest BCUT2D eigenvalue weighted by Gasteiger charge is -2.10. The fourth-order valence-electron chi connectivity index (χ4n) is 2.25. The molecule has 0 N–H and O–H groups in total. The van der Waals surface area contributed by atoms with Gasteiger partial charge in [-0.15, -0.1) is 0 Å². The molecule has 0 aliphatic carbocycles. The topological polar surface area (TPSA) is 52.6 Å². The first kappa shape index (κ1) is 23.2. The summed E-state index contributed by atoms with van der Waals surface area (Å²) in [5, 5.41) is -1.35. The van der Waals surface area contributed by atoms with E-state index in [4.69, 9.17) is 21.1 Å². The number of alkyl halides is 1. The number of ether oxygens (including phenoxy) is 2. The van der Waals surface area contributed by atoms with Crippen molar-refractivity contribution >= 4 is 23.5 Å². The Hall–Kier alpha value is -0.770. The molecule has 24 heavy (non-hydrogen) atoms. The van der Waals surface area contributed by atoms with Gasteiger partial charge in [0.25, 0.3) is 0 Å². The zero-order valence-corrected chi connectivity index (χ0v) is 16.6. The molecular weight excluding hydrogens is 328 g/mol. The summed E-state index contributed by atoms with van der Waals surface area (Å²) >= 11 is 5.80. The molecule has 0 radical (unpaired) electrons. The average Bonchev–Trinajstić information content (AvgIpc) is 2.52. The molecule has 0 atom stereocenters. The fraction of sp³-hybridized carbons (Fsp3) is 0.895. The Balaban J connectivity index is 3.66. The molecule has 0 bridgehead atoms. The maximum Gasteiger partial charge on any atom is 0.335 e. The van der Waals surface area contributed by atoms with Gasteiger partial charge >= 0.3 is 11.9 Å². The first-order chi connectivity index (χ1) is 11.3. The first-order valence-corrected chi connectivity index (χ1v) is 9.75. The van der Waals surface area contributed by atoms with E-state index in [-0.39, 0.29) is 0 Å². The van der Waals surface area contributed by atoms with Crippen LogP contribution >= 0.6 is 11.6 Å². The van der Waals surface area contributed by atoms with E-state index in [1.165, 1.54) is 12.8 Å². The highest BCUT2D eigenvalue weighted by Crippen LogP contribution is 2.10. The SMILES string of the molecule is CC(C)CCCCCOC(=O)C(Cl)C(=O)OCCCCCC(C)C. The zero-order valence-electron chi connectivity index (χ0n) is 15.8. The predicted octanol–water partition coefficient (Wildman–Crippen LogP) is 5.11. The second kappa shape index (κ2) is 14.6. The van der Waals surface area contributed by atoms with Gasteiger partial charge in [-0.05, 0) is 24.7 Å². The van der Waals surface area contributed by atoms with Gasteiger partial charge in [0.2, 0.25) is 5.38 Å². The Morgan fingerprint density at radius 1 is 0.708 bits per heavy atom. The number of unbranched alkanes of at least 4 members (excludes halogenated alkanes) is 4. The van der Waals surface area contributed by atoms with Crippen molar-refractivity contribution < 1.29 is 19.1 Å². The van der Waals surface area contributed by atoms with Gasteiger partial charge < -0.3 is 9.47 Å². The highest BCUT2D eigenvalue weighted by atomic mass is 35.5. The molecule has 5 heteroatoms. The van der Waals surface area contributed by atoms with E-state index in [2.05, 4.69) is 27.7 Å². The van der Waals surface area contributed by atoms with E-state index in [1.807, 2.05) is 0 Å². The Morgan fingerprint density at radius 3 is 1.42 bits per heavy atom. The number of esters is 2. The summed E-state index contributed by atoms with van der Waals surface area (Å²) in [5.41, 5.74) is 0. The summed E-state index contributed by atoms with van der Waals surface area (Å²) in [6.07, 6.45) is 8.22. The van der Waals surface area contributed by atoms with Crippen LogP contribution in [0.5, 0.6) is 0 Å². The number of carbonyl (C=O) groups is 2. The Kier molecular flexibility index (Phi) is 14.1. The Morgan fingerprint density at radius 2 is 1.08 bits per heavy atom. The van der Waals surface area contributed by atoms with Gasteiger partial charge in [0.05, 0.1) is 13.2 Å². The maximum atomic E-state index is 11.7. The molecule has 4 nitrogen and oxygen atoms in total. The van der Waals surface area contributed by atoms with Crippen molar-refractivity contribution in [2.45, 2.75) is 84.4 Å². The van der Waals surface area contributed by atoms with Crippen LogP contribution in [0, 0.1) is 11.8 Å². The minimum Gasteiger partial charge on any atom is -0.464 e. The highest BCUT2D eigenvalue weighted by molar-refractivity contribution is 6.39. The van der Waals surface area contributed by atoms with Crippen LogP contribution in [0.4, 0.5) is 0 Å². The number of rotatable bonds is 14. The molecule has 0 spiro atoms. The lowest BCUT2D eigenvalue weighted by atomic mass is 10.1. The molecule has 0 aromatic rings. The van der Waals surface area contributed by atoms with Gasteiger partial charge in [0.15, 0.2) is 0 Å². The van der Waals surface area contributed by atoms with Gasteiger partial charge in [-0.25, -0.2) is 9.59 Å². The van der Waals surface area contributed by atoms with Crippen molar-refractivity contribution in [3.05, 3.63) is 0 Å². The minimum absolute atomic E-state index is 0.308. The molecule has 0 amide bonds. The minimum atomic E-state index is -1.35. The molecule has 0 rings (SSSR count). The normalized spacial score (nSPS) is 11.3. The van der Waals surface area contributed by atoms with E-state index in [9.17, 15) is 9.59 Å². The lowest BCUT2D eigenvalue weighted by molar-refractivity contribution is -0.154. The van der Waals surface area contributed by atoms with Crippen LogP contribution < -0.4 is 0 Å². The second-order valence-electron chi connectivity index (χ2n) is 7.18. The summed E-state index contributed by atoms with van der Waals surface area (Å²) in [6.45, 7) is 9.37. The summed E-state index contributed by atoms with van der Waals surface area (Å²) in [7, 11) is 0. The quantitative estimate of drug-likeness (QED) is 0.186. The standard InChI is InChI=1S/C19H35ClO4/c1-15(2)11-7-5-9-13-23-18(21)17(20)19(22)24-14-10-6-8-12-16(3)4/h15-17H,5-14H2,1-4H3. The third-order valence-electron chi connectivity index (χ3n) is 3.75. The number of carbonyl (C=O) groups excluding carboxylic acids is 2. The summed E-state index contributed by atoms with van der Waals surface area (Å²) < 4.78 is 10.1. The van der Waals surface area contributed by atoms with Gasteiger partial charge in [0, 0.05) is 0 Å². The summed E-state index contributed by atoms with van der Waals surface area (Å²) in [5.74, 6) is -0.0181. The van der Waals surface area contributed by atoms with E-state index in [0.717, 1.165) is 38.5 Å². The van der Waals surface area contributed by atoms with E-state index >= 15 is 0 Å². The molecule has 0 fully saturated rings. The molecular formula is C19H35ClO4. The van der Waals surface area contributed by atoms with Crippen molar-refractivity contribution in [3.8, 4) is 0 Å². The van der Waals surface area contributed by atoms with Gasteiger partial charge in [-0.1, -0.05) is 77.8 Å². The third kappa shape index (κ3) is 13.6. The van der Waals surface area contributed by atoms with Crippen molar-refractivity contribution in [1.29, 1.82) is 0 Å². The van der Waals surface area contributed by atoms with Crippen LogP contribution in [0.25, 0.3) is 0 Å². The highest BCUT2D eigenvalue weighted by Gasteiger charge is 2.27. The molecule has 0 aromatic carbocycles. The van der Waals surface area contributed by atoms with Crippen molar-refractivity contribution in [1.82, 2.24) is 0 Å². The first-order valence-electron chi connectivity index (χ1n) is 9.32. The smallest absolute Gasteiger partial charge is 0.335 e. The second-order valence-corrected chi connectivity index (χ2v) is 7.62. The predicted molar refractivity (Wildman–Crippen MR) is 98.2 cm³/mol. The molecule has 0 saturated carbocycles. The fourth-order valence-corrected chi connectivity index (χ4v) is 2.38. The zero-order chi connectivity index (χ0) is 18.4. The van der Waals surface area contributed by atoms with Crippen LogP contribution in [0.2, 0.25) is 0 Å². The van der Waals surface area contributed by atoms with Crippen molar-refractivity contribution in [2.24, 2.45) is 11.8 Å². The lowest BCUT2D eigenvalue weighted by Crippen LogP contribution is -2.29. The Bertz CT molecular complexity index is 310. The number of halogens is 1. The van der Waals surface area contributed by atoms with E-state index in [0.29, 0.717) is 25.0 Å². The van der Waals surface area contributed by atoms with E-state index < -0.39 is 17.3 Å². The summed E-state index contributed by atoms with van der Waals surface area (Å²) in [4.78, 5) is 23.4. The summed E-state index contributed by atoms with van der Waals surface area (Å²) in [6, 6.07) is 0. The van der Waals surface area contributed by atoms with Crippen molar-refractivity contribution in [3.63, 3.8) is 0 Å². The molecule has 0 saturated heterocycles. The van der Waals surface area contributed by atoms with Crippen LogP contribution in [0.1, 0.15) is 79.1 Å². The van der Waals surface area contributed by atoms with Crippen LogP contribution in [-0.4, -0.2) is 30.5 Å². The monoisotopic (exact) mass is 362 g/mol. The maximum absolute atomic E-state index is 11.7. The molecule has 142 valence electrons. The molecule has 0 heterocycles. The van der Waals surface area contributed by atoms with Gasteiger partial charge in [-0.3, -0.25) is 0 Å². The molecule has 0 aliphatic rings. The Labute approximate surface area is 152 Å². The molecule has 0 aliphatic heterocycles. The van der Waals surface area contributed by atoms with Crippen LogP contribution in [0.3, 0.4) is 0 Å². The van der Waals surface area contributed by atoms with E-state index in [1.54, 1.807) is 0 Å². The van der Waals surface area contributed by atoms with Gasteiger partial charge in [0.1, 0.15) is 0 Å². The van der Waals surface area contributed by atoms with Gasteiger partial charge in [-0.2, -0.15) is 0 Å². The number of hydrogen-bond donors (Lipinski definition) is 0. The van der Waals surface area contributed by atoms with Crippen LogP contribution in [0.15, 0.2) is 0 Å². The van der Waals surface area contributed by atoms with Crippen LogP contribution in [-0.2, 0) is 19.1 Å².